The molecule has 0 unspecified atom stereocenters. The topological polar surface area (TPSA) is 35.6 Å². The molecule has 4 heteroatoms. The Balaban J connectivity index is 1.32. The zero-order chi connectivity index (χ0) is 29.0. The van der Waals surface area contributed by atoms with E-state index in [4.69, 9.17) is 4.98 Å². The number of benzene rings is 6. The zero-order valence-corrected chi connectivity index (χ0v) is 23.8. The predicted molar refractivity (Wildman–Crippen MR) is 182 cm³/mol. The number of rotatable bonds is 4. The number of hydrogen-bond acceptors (Lipinski definition) is 2. The minimum absolute atomic E-state index is 0.803. The standard InChI is InChI=1S/C40H26N4/c1-3-11-27(12-4-1)28-19-21-30(22-20-28)43-34-17-9-7-15-31(34)39-36(43)23-24-37-40(39)32-16-8-10-18-35(32)44(37)38-26-41-25-33(42-38)29-13-5-2-6-14-29/h1-26H. The Labute approximate surface area is 254 Å². The maximum Gasteiger partial charge on any atom is 0.156 e. The summed E-state index contributed by atoms with van der Waals surface area (Å²) >= 11 is 0. The highest BCUT2D eigenvalue weighted by atomic mass is 15.1. The molecule has 0 N–H and O–H groups in total. The zero-order valence-electron chi connectivity index (χ0n) is 23.8. The van der Waals surface area contributed by atoms with Crippen LogP contribution in [0.25, 0.3) is 77.5 Å². The molecule has 0 saturated heterocycles. The normalized spacial score (nSPS) is 11.6. The summed E-state index contributed by atoms with van der Waals surface area (Å²) in [6.07, 6.45) is 3.70. The SMILES string of the molecule is c1ccc(-c2ccc(-n3c4ccccc4c4c5c6ccccc6n(-c6cncc(-c7ccccc7)n6)c5ccc43)cc2)cc1. The van der Waals surface area contributed by atoms with E-state index < -0.39 is 0 Å². The lowest BCUT2D eigenvalue weighted by Crippen LogP contribution is -2.00. The van der Waals surface area contributed by atoms with Crippen LogP contribution in [-0.2, 0) is 0 Å². The largest absolute Gasteiger partial charge is 0.309 e. The van der Waals surface area contributed by atoms with Crippen molar-refractivity contribution in [1.29, 1.82) is 0 Å². The molecule has 0 spiro atoms. The van der Waals surface area contributed by atoms with Gasteiger partial charge in [-0.05, 0) is 47.5 Å². The van der Waals surface area contributed by atoms with Crippen LogP contribution in [0.5, 0.6) is 0 Å². The van der Waals surface area contributed by atoms with Gasteiger partial charge in [-0.3, -0.25) is 9.55 Å². The molecule has 0 amide bonds. The lowest BCUT2D eigenvalue weighted by molar-refractivity contribution is 1.05. The van der Waals surface area contributed by atoms with Gasteiger partial charge in [0, 0.05) is 32.8 Å². The van der Waals surface area contributed by atoms with E-state index in [1.165, 1.54) is 43.7 Å². The summed E-state index contributed by atoms with van der Waals surface area (Å²) in [5.74, 6) is 0.803. The van der Waals surface area contributed by atoms with Crippen LogP contribution in [0.2, 0.25) is 0 Å². The molecule has 3 heterocycles. The molecule has 0 atom stereocenters. The highest BCUT2D eigenvalue weighted by Gasteiger charge is 2.21. The van der Waals surface area contributed by atoms with Gasteiger partial charge < -0.3 is 4.57 Å². The quantitative estimate of drug-likeness (QED) is 0.214. The number of hydrogen-bond donors (Lipinski definition) is 0. The van der Waals surface area contributed by atoms with Crippen LogP contribution in [0, 0.1) is 0 Å². The van der Waals surface area contributed by atoms with Gasteiger partial charge in [0.2, 0.25) is 0 Å². The molecular weight excluding hydrogens is 536 g/mol. The summed E-state index contributed by atoms with van der Waals surface area (Å²) in [6.45, 7) is 0. The molecule has 0 aliphatic heterocycles. The molecular formula is C40H26N4. The lowest BCUT2D eigenvalue weighted by Gasteiger charge is -2.10. The third-order valence-corrected chi connectivity index (χ3v) is 8.62. The first-order valence-corrected chi connectivity index (χ1v) is 14.8. The molecule has 9 rings (SSSR count). The molecule has 0 aliphatic rings. The van der Waals surface area contributed by atoms with Crippen molar-refractivity contribution >= 4 is 43.6 Å². The van der Waals surface area contributed by atoms with E-state index in [1.54, 1.807) is 0 Å². The van der Waals surface area contributed by atoms with Crippen LogP contribution >= 0.6 is 0 Å². The molecule has 4 nitrogen and oxygen atoms in total. The van der Waals surface area contributed by atoms with Gasteiger partial charge in [0.05, 0.1) is 40.2 Å². The Hall–Kier alpha value is -6.00. The predicted octanol–water partition coefficient (Wildman–Crippen LogP) is 10.0. The molecule has 0 aliphatic carbocycles. The van der Waals surface area contributed by atoms with Crippen LogP contribution in [0.1, 0.15) is 0 Å². The summed E-state index contributed by atoms with van der Waals surface area (Å²) in [7, 11) is 0. The number of nitrogens with zero attached hydrogens (tertiary/aromatic N) is 4. The van der Waals surface area contributed by atoms with Crippen molar-refractivity contribution in [1.82, 2.24) is 19.1 Å². The van der Waals surface area contributed by atoms with Crippen LogP contribution in [-0.4, -0.2) is 19.1 Å². The van der Waals surface area contributed by atoms with Crippen LogP contribution in [0.4, 0.5) is 0 Å². The number of fused-ring (bicyclic) bond motifs is 7. The minimum atomic E-state index is 0.803. The lowest BCUT2D eigenvalue weighted by atomic mass is 10.1. The van der Waals surface area contributed by atoms with Crippen LogP contribution in [0.15, 0.2) is 158 Å². The number of para-hydroxylation sites is 2. The van der Waals surface area contributed by atoms with E-state index in [0.29, 0.717) is 0 Å². The Morgan fingerprint density at radius 1 is 0.386 bits per heavy atom. The van der Waals surface area contributed by atoms with Crippen molar-refractivity contribution in [2.75, 3.05) is 0 Å². The fourth-order valence-electron chi connectivity index (χ4n) is 6.69. The summed E-state index contributed by atoms with van der Waals surface area (Å²) < 4.78 is 4.64. The van der Waals surface area contributed by atoms with Crippen LogP contribution < -0.4 is 0 Å². The van der Waals surface area contributed by atoms with Gasteiger partial charge in [-0.2, -0.15) is 0 Å². The minimum Gasteiger partial charge on any atom is -0.309 e. The molecule has 0 radical (unpaired) electrons. The smallest absolute Gasteiger partial charge is 0.156 e. The van der Waals surface area contributed by atoms with E-state index >= 15 is 0 Å². The summed E-state index contributed by atoms with van der Waals surface area (Å²) in [4.78, 5) is 9.74. The highest BCUT2D eigenvalue weighted by Crippen LogP contribution is 2.42. The van der Waals surface area contributed by atoms with E-state index in [0.717, 1.165) is 33.8 Å². The van der Waals surface area contributed by atoms with Gasteiger partial charge in [0.1, 0.15) is 0 Å². The van der Waals surface area contributed by atoms with Gasteiger partial charge in [0.15, 0.2) is 5.82 Å². The van der Waals surface area contributed by atoms with Crippen molar-refractivity contribution in [2.45, 2.75) is 0 Å². The van der Waals surface area contributed by atoms with E-state index in [-0.39, 0.29) is 0 Å². The second kappa shape index (κ2) is 9.79. The van der Waals surface area contributed by atoms with Crippen LogP contribution in [0.3, 0.4) is 0 Å². The molecule has 44 heavy (non-hydrogen) atoms. The molecule has 3 aromatic heterocycles. The molecule has 0 fully saturated rings. The Morgan fingerprint density at radius 3 is 1.57 bits per heavy atom. The van der Waals surface area contributed by atoms with E-state index in [1.807, 2.05) is 30.6 Å². The first kappa shape index (κ1) is 24.6. The highest BCUT2D eigenvalue weighted by molar-refractivity contribution is 6.28. The van der Waals surface area contributed by atoms with E-state index in [2.05, 4.69) is 142 Å². The average Bonchev–Trinajstić information content (AvgIpc) is 3.62. The van der Waals surface area contributed by atoms with Crippen molar-refractivity contribution in [2.24, 2.45) is 0 Å². The van der Waals surface area contributed by atoms with Crippen molar-refractivity contribution in [3.8, 4) is 33.9 Å². The monoisotopic (exact) mass is 562 g/mol. The first-order valence-electron chi connectivity index (χ1n) is 14.8. The molecule has 0 saturated carbocycles. The molecule has 0 bridgehead atoms. The van der Waals surface area contributed by atoms with Gasteiger partial charge in [-0.1, -0.05) is 109 Å². The second-order valence-electron chi connectivity index (χ2n) is 11.1. The summed E-state index contributed by atoms with van der Waals surface area (Å²) in [5, 5.41) is 4.89. The second-order valence-corrected chi connectivity index (χ2v) is 11.1. The van der Waals surface area contributed by atoms with Crippen molar-refractivity contribution in [3.63, 3.8) is 0 Å². The van der Waals surface area contributed by atoms with Crippen molar-refractivity contribution < 1.29 is 0 Å². The summed E-state index contributed by atoms with van der Waals surface area (Å²) in [6, 6.07) is 51.5. The van der Waals surface area contributed by atoms with Crippen molar-refractivity contribution in [3.05, 3.63) is 158 Å². The third-order valence-electron chi connectivity index (χ3n) is 8.62. The average molecular weight is 563 g/mol. The summed E-state index contributed by atoms with van der Waals surface area (Å²) in [5.41, 5.74) is 10.1. The number of aromatic nitrogens is 4. The molecule has 6 aromatic carbocycles. The Bertz CT molecular complexity index is 2470. The molecule has 206 valence electrons. The van der Waals surface area contributed by atoms with E-state index in [9.17, 15) is 0 Å². The Kier molecular flexibility index (Phi) is 5.47. The maximum atomic E-state index is 5.11. The fraction of sp³-hybridized carbons (Fsp3) is 0. The fourth-order valence-corrected chi connectivity index (χ4v) is 6.69. The third kappa shape index (κ3) is 3.71. The molecule has 9 aromatic rings. The first-order chi connectivity index (χ1) is 21.8. The maximum absolute atomic E-state index is 5.11. The van der Waals surface area contributed by atoms with Gasteiger partial charge in [0.25, 0.3) is 0 Å². The van der Waals surface area contributed by atoms with Gasteiger partial charge in [-0.15, -0.1) is 0 Å². The van der Waals surface area contributed by atoms with Gasteiger partial charge in [-0.25, -0.2) is 4.98 Å². The Morgan fingerprint density at radius 2 is 0.909 bits per heavy atom. The van der Waals surface area contributed by atoms with Gasteiger partial charge >= 0.3 is 0 Å².